The van der Waals surface area contributed by atoms with Crippen molar-refractivity contribution in [3.8, 4) is 0 Å². The number of hydrogen-bond donors (Lipinski definition) is 2. The molecule has 0 bridgehead atoms. The normalized spacial score (nSPS) is 18.7. The fourth-order valence-corrected chi connectivity index (χ4v) is 3.43. The summed E-state index contributed by atoms with van der Waals surface area (Å²) < 4.78 is 26.7. The summed E-state index contributed by atoms with van der Waals surface area (Å²) in [5, 5.41) is 9.73. The predicted octanol–water partition coefficient (Wildman–Crippen LogP) is 1.53. The summed E-state index contributed by atoms with van der Waals surface area (Å²) in [5.41, 5.74) is -0.668. The molecule has 0 radical (unpaired) electrons. The summed E-state index contributed by atoms with van der Waals surface area (Å²) in [6, 6.07) is 5.97. The first-order valence-electron chi connectivity index (χ1n) is 5.38. The number of aliphatic hydroxyl groups is 1. The molecule has 0 spiro atoms. The van der Waals surface area contributed by atoms with Crippen molar-refractivity contribution in [3.63, 3.8) is 0 Å². The van der Waals surface area contributed by atoms with Crippen molar-refractivity contribution in [2.24, 2.45) is 0 Å². The Kier molecular flexibility index (Phi) is 3.45. The number of hydrogen-bond acceptors (Lipinski definition) is 3. The summed E-state index contributed by atoms with van der Waals surface area (Å²) in [5.74, 6) is 0. The highest BCUT2D eigenvalue weighted by Gasteiger charge is 2.40. The van der Waals surface area contributed by atoms with Crippen molar-refractivity contribution in [2.45, 2.75) is 29.7 Å². The van der Waals surface area contributed by atoms with Crippen LogP contribution in [0.25, 0.3) is 0 Å². The second kappa shape index (κ2) is 4.57. The monoisotopic (exact) mass is 275 g/mol. The van der Waals surface area contributed by atoms with Crippen LogP contribution in [-0.4, -0.2) is 25.7 Å². The van der Waals surface area contributed by atoms with Crippen LogP contribution in [0.15, 0.2) is 29.2 Å². The fourth-order valence-electron chi connectivity index (χ4n) is 1.85. The van der Waals surface area contributed by atoms with Crippen LogP contribution in [0.3, 0.4) is 0 Å². The second-order valence-electron chi connectivity index (χ2n) is 4.35. The van der Waals surface area contributed by atoms with Gasteiger partial charge in [0.15, 0.2) is 0 Å². The molecule has 1 aromatic carbocycles. The van der Waals surface area contributed by atoms with Gasteiger partial charge in [-0.3, -0.25) is 0 Å². The summed E-state index contributed by atoms with van der Waals surface area (Å²) in [6.45, 7) is -0.167. The molecule has 0 amide bonds. The molecule has 1 aliphatic rings. The van der Waals surface area contributed by atoms with Gasteiger partial charge in [0, 0.05) is 5.02 Å². The van der Waals surface area contributed by atoms with E-state index in [9.17, 15) is 13.5 Å². The number of aliphatic hydroxyl groups excluding tert-OH is 1. The maximum Gasteiger partial charge on any atom is 0.241 e. The number of sulfonamides is 1. The van der Waals surface area contributed by atoms with Crippen molar-refractivity contribution < 1.29 is 13.5 Å². The topological polar surface area (TPSA) is 66.4 Å². The molecule has 1 saturated carbocycles. The van der Waals surface area contributed by atoms with Crippen molar-refractivity contribution in [2.75, 3.05) is 6.61 Å². The van der Waals surface area contributed by atoms with Crippen LogP contribution in [0.1, 0.15) is 19.3 Å². The zero-order valence-electron chi connectivity index (χ0n) is 9.19. The van der Waals surface area contributed by atoms with Gasteiger partial charge in [-0.2, -0.15) is 0 Å². The van der Waals surface area contributed by atoms with Gasteiger partial charge in [-0.15, -0.1) is 0 Å². The summed E-state index contributed by atoms with van der Waals surface area (Å²) in [6.07, 6.45) is 2.29. The lowest BCUT2D eigenvalue weighted by Crippen LogP contribution is -2.55. The molecule has 1 fully saturated rings. The van der Waals surface area contributed by atoms with Crippen LogP contribution in [0, 0.1) is 0 Å². The minimum absolute atomic E-state index is 0.167. The first kappa shape index (κ1) is 12.8. The van der Waals surface area contributed by atoms with Gasteiger partial charge < -0.3 is 5.11 Å². The van der Waals surface area contributed by atoms with E-state index in [1.807, 2.05) is 0 Å². The molecule has 2 rings (SSSR count). The Morgan fingerprint density at radius 2 is 1.88 bits per heavy atom. The molecule has 17 heavy (non-hydrogen) atoms. The van der Waals surface area contributed by atoms with Gasteiger partial charge in [0.1, 0.15) is 0 Å². The van der Waals surface area contributed by atoms with E-state index in [4.69, 9.17) is 11.6 Å². The molecule has 1 aliphatic carbocycles. The standard InChI is InChI=1S/C11H14ClNO3S/c12-9-2-4-10(5-3-9)17(15,16)13-11(8-14)6-1-7-11/h2-5,13-14H,1,6-8H2. The van der Waals surface area contributed by atoms with Gasteiger partial charge in [0.25, 0.3) is 0 Å². The molecule has 6 heteroatoms. The van der Waals surface area contributed by atoms with Crippen LogP contribution in [0.2, 0.25) is 5.02 Å². The maximum atomic E-state index is 12.0. The highest BCUT2D eigenvalue weighted by Crippen LogP contribution is 2.32. The number of benzene rings is 1. The van der Waals surface area contributed by atoms with Gasteiger partial charge in [-0.05, 0) is 43.5 Å². The van der Waals surface area contributed by atoms with E-state index in [0.29, 0.717) is 17.9 Å². The highest BCUT2D eigenvalue weighted by molar-refractivity contribution is 7.89. The van der Waals surface area contributed by atoms with Crippen LogP contribution >= 0.6 is 11.6 Å². The smallest absolute Gasteiger partial charge is 0.241 e. The largest absolute Gasteiger partial charge is 0.394 e. The SMILES string of the molecule is O=S(=O)(NC1(CO)CCC1)c1ccc(Cl)cc1. The summed E-state index contributed by atoms with van der Waals surface area (Å²) >= 11 is 5.71. The lowest BCUT2D eigenvalue weighted by atomic mass is 9.78. The fraction of sp³-hybridized carbons (Fsp3) is 0.455. The Hall–Kier alpha value is -0.620. The molecule has 0 aliphatic heterocycles. The molecule has 0 atom stereocenters. The van der Waals surface area contributed by atoms with Gasteiger partial charge in [0.05, 0.1) is 17.0 Å². The Balaban J connectivity index is 2.22. The number of rotatable bonds is 4. The Labute approximate surface area is 106 Å². The average Bonchev–Trinajstić information content (AvgIpc) is 2.24. The molecule has 94 valence electrons. The van der Waals surface area contributed by atoms with E-state index in [0.717, 1.165) is 6.42 Å². The molecule has 4 nitrogen and oxygen atoms in total. The zero-order valence-corrected chi connectivity index (χ0v) is 10.8. The average molecular weight is 276 g/mol. The third-order valence-electron chi connectivity index (χ3n) is 3.09. The van der Waals surface area contributed by atoms with Crippen molar-refractivity contribution >= 4 is 21.6 Å². The van der Waals surface area contributed by atoms with Crippen molar-refractivity contribution in [3.05, 3.63) is 29.3 Å². The summed E-state index contributed by atoms with van der Waals surface area (Å²) in [7, 11) is -3.58. The van der Waals surface area contributed by atoms with E-state index in [1.165, 1.54) is 24.3 Å². The Morgan fingerprint density at radius 3 is 2.29 bits per heavy atom. The molecule has 2 N–H and O–H groups in total. The van der Waals surface area contributed by atoms with Gasteiger partial charge in [-0.25, -0.2) is 13.1 Å². The van der Waals surface area contributed by atoms with E-state index in [2.05, 4.69) is 4.72 Å². The van der Waals surface area contributed by atoms with Crippen molar-refractivity contribution in [1.29, 1.82) is 0 Å². The zero-order chi connectivity index (χ0) is 12.5. The third-order valence-corrected chi connectivity index (χ3v) is 4.93. The molecule has 0 unspecified atom stereocenters. The first-order chi connectivity index (χ1) is 7.97. The van der Waals surface area contributed by atoms with Gasteiger partial charge >= 0.3 is 0 Å². The minimum Gasteiger partial charge on any atom is -0.394 e. The number of halogens is 1. The molecule has 1 aromatic rings. The second-order valence-corrected chi connectivity index (χ2v) is 6.47. The van der Waals surface area contributed by atoms with Gasteiger partial charge in [0.2, 0.25) is 10.0 Å². The van der Waals surface area contributed by atoms with Crippen LogP contribution < -0.4 is 4.72 Å². The lowest BCUT2D eigenvalue weighted by molar-refractivity contribution is 0.110. The van der Waals surface area contributed by atoms with E-state index in [1.54, 1.807) is 0 Å². The van der Waals surface area contributed by atoms with E-state index < -0.39 is 15.6 Å². The van der Waals surface area contributed by atoms with Gasteiger partial charge in [-0.1, -0.05) is 11.6 Å². The minimum atomic E-state index is -3.58. The summed E-state index contributed by atoms with van der Waals surface area (Å²) in [4.78, 5) is 0.168. The highest BCUT2D eigenvalue weighted by atomic mass is 35.5. The molecule has 0 heterocycles. The Morgan fingerprint density at radius 1 is 1.29 bits per heavy atom. The lowest BCUT2D eigenvalue weighted by Gasteiger charge is -2.40. The molecule has 0 saturated heterocycles. The third kappa shape index (κ3) is 2.63. The van der Waals surface area contributed by atoms with Crippen molar-refractivity contribution in [1.82, 2.24) is 4.72 Å². The van der Waals surface area contributed by atoms with Crippen LogP contribution in [0.5, 0.6) is 0 Å². The number of nitrogens with one attached hydrogen (secondary N) is 1. The first-order valence-corrected chi connectivity index (χ1v) is 7.24. The Bertz CT molecular complexity index is 488. The van der Waals surface area contributed by atoms with E-state index >= 15 is 0 Å². The van der Waals surface area contributed by atoms with Crippen LogP contribution in [0.4, 0.5) is 0 Å². The molecular formula is C11H14ClNO3S. The predicted molar refractivity (Wildman–Crippen MR) is 65.4 cm³/mol. The van der Waals surface area contributed by atoms with Crippen LogP contribution in [-0.2, 0) is 10.0 Å². The molecular weight excluding hydrogens is 262 g/mol. The maximum absolute atomic E-state index is 12.0. The quantitative estimate of drug-likeness (QED) is 0.876. The van der Waals surface area contributed by atoms with E-state index in [-0.39, 0.29) is 11.5 Å². The molecule has 0 aromatic heterocycles.